The first-order valence-electron chi connectivity index (χ1n) is 7.74. The maximum absolute atomic E-state index is 12.2. The van der Waals surface area contributed by atoms with Crippen LogP contribution in [0.25, 0.3) is 6.08 Å². The molecule has 140 valence electrons. The number of rotatable bonds is 5. The lowest BCUT2D eigenvalue weighted by Gasteiger charge is -2.12. The number of cyclic esters (lactones) is 1. The summed E-state index contributed by atoms with van der Waals surface area (Å²) in [6.07, 6.45) is 1.54. The van der Waals surface area contributed by atoms with Gasteiger partial charge in [0.25, 0.3) is 0 Å². The van der Waals surface area contributed by atoms with E-state index in [9.17, 15) is 4.79 Å². The van der Waals surface area contributed by atoms with Crippen molar-refractivity contribution in [2.75, 3.05) is 21.3 Å². The molecular weight excluding hydrogens is 393 g/mol. The quantitative estimate of drug-likeness (QED) is 0.543. The van der Waals surface area contributed by atoms with Crippen molar-refractivity contribution in [3.05, 3.63) is 57.2 Å². The van der Waals surface area contributed by atoms with E-state index in [0.29, 0.717) is 38.4 Å². The van der Waals surface area contributed by atoms with Crippen LogP contribution >= 0.6 is 23.2 Å². The van der Waals surface area contributed by atoms with Gasteiger partial charge in [0.1, 0.15) is 5.75 Å². The van der Waals surface area contributed by atoms with Crippen molar-refractivity contribution in [3.63, 3.8) is 0 Å². The third-order valence-electron chi connectivity index (χ3n) is 3.81. The molecule has 1 aliphatic heterocycles. The van der Waals surface area contributed by atoms with Crippen LogP contribution in [0.15, 0.2) is 41.0 Å². The minimum Gasteiger partial charge on any atom is -0.496 e. The monoisotopic (exact) mass is 407 g/mol. The number of methoxy groups -OCH3 is 3. The lowest BCUT2D eigenvalue weighted by atomic mass is 10.1. The van der Waals surface area contributed by atoms with Crippen LogP contribution in [0.5, 0.6) is 17.2 Å². The van der Waals surface area contributed by atoms with Crippen molar-refractivity contribution < 1.29 is 23.7 Å². The molecule has 6 nitrogen and oxygen atoms in total. The summed E-state index contributed by atoms with van der Waals surface area (Å²) in [6.45, 7) is 0. The third kappa shape index (κ3) is 3.86. The molecule has 0 saturated heterocycles. The minimum absolute atomic E-state index is 0.0986. The smallest absolute Gasteiger partial charge is 0.363 e. The molecule has 0 amide bonds. The highest BCUT2D eigenvalue weighted by atomic mass is 35.5. The molecule has 0 aliphatic carbocycles. The van der Waals surface area contributed by atoms with Gasteiger partial charge >= 0.3 is 5.97 Å². The van der Waals surface area contributed by atoms with E-state index < -0.39 is 5.97 Å². The summed E-state index contributed by atoms with van der Waals surface area (Å²) in [6, 6.07) is 8.16. The lowest BCUT2D eigenvalue weighted by molar-refractivity contribution is -0.129. The zero-order valence-electron chi connectivity index (χ0n) is 14.7. The Morgan fingerprint density at radius 2 is 1.63 bits per heavy atom. The maximum atomic E-state index is 12.2. The van der Waals surface area contributed by atoms with Crippen molar-refractivity contribution in [1.29, 1.82) is 0 Å². The van der Waals surface area contributed by atoms with Crippen LogP contribution in [-0.2, 0) is 9.53 Å². The first kappa shape index (κ1) is 19.1. The molecular formula is C19H15Cl2NO5. The van der Waals surface area contributed by atoms with E-state index in [1.807, 2.05) is 0 Å². The van der Waals surface area contributed by atoms with Crippen LogP contribution in [0.2, 0.25) is 10.0 Å². The Hall–Kier alpha value is -2.70. The molecule has 27 heavy (non-hydrogen) atoms. The molecule has 3 rings (SSSR count). The van der Waals surface area contributed by atoms with Crippen molar-refractivity contribution in [2.45, 2.75) is 0 Å². The molecule has 2 aromatic rings. The van der Waals surface area contributed by atoms with Crippen LogP contribution in [0.4, 0.5) is 0 Å². The number of halogens is 2. The Bertz CT molecular complexity index is 969. The molecule has 0 fully saturated rings. The van der Waals surface area contributed by atoms with Crippen LogP contribution in [0, 0.1) is 0 Å². The number of aliphatic imine (C=N–C) groups is 1. The highest BCUT2D eigenvalue weighted by Gasteiger charge is 2.26. The molecule has 2 aromatic carbocycles. The van der Waals surface area contributed by atoms with Crippen molar-refractivity contribution in [2.24, 2.45) is 4.99 Å². The summed E-state index contributed by atoms with van der Waals surface area (Å²) in [5.41, 5.74) is 1.15. The second-order valence-electron chi connectivity index (χ2n) is 5.41. The van der Waals surface area contributed by atoms with Crippen LogP contribution in [0.1, 0.15) is 11.1 Å². The number of hydrogen-bond acceptors (Lipinski definition) is 6. The number of benzene rings is 2. The number of carbonyl (C=O) groups excluding carboxylic acids is 1. The van der Waals surface area contributed by atoms with Gasteiger partial charge in [-0.1, -0.05) is 23.2 Å². The summed E-state index contributed by atoms with van der Waals surface area (Å²) in [5.74, 6) is 0.977. The van der Waals surface area contributed by atoms with E-state index in [4.69, 9.17) is 42.1 Å². The Balaban J connectivity index is 2.04. The average Bonchev–Trinajstić information content (AvgIpc) is 3.01. The summed E-state index contributed by atoms with van der Waals surface area (Å²) in [5, 5.41) is 0.804. The van der Waals surface area contributed by atoms with Gasteiger partial charge in [0.05, 0.1) is 31.9 Å². The van der Waals surface area contributed by atoms with Crippen LogP contribution in [-0.4, -0.2) is 33.2 Å². The van der Waals surface area contributed by atoms with Gasteiger partial charge in [0.2, 0.25) is 5.90 Å². The number of nitrogens with zero attached hydrogens (tertiary/aromatic N) is 1. The van der Waals surface area contributed by atoms with E-state index in [1.165, 1.54) is 21.3 Å². The normalized spacial score (nSPS) is 14.8. The summed E-state index contributed by atoms with van der Waals surface area (Å²) < 4.78 is 21.2. The van der Waals surface area contributed by atoms with Crippen molar-refractivity contribution in [1.82, 2.24) is 0 Å². The third-order valence-corrected chi connectivity index (χ3v) is 4.36. The van der Waals surface area contributed by atoms with E-state index >= 15 is 0 Å². The van der Waals surface area contributed by atoms with Gasteiger partial charge < -0.3 is 18.9 Å². The Morgan fingerprint density at radius 1 is 0.963 bits per heavy atom. The number of ether oxygens (including phenoxy) is 4. The topological polar surface area (TPSA) is 66.3 Å². The molecule has 0 N–H and O–H groups in total. The highest BCUT2D eigenvalue weighted by Crippen LogP contribution is 2.36. The Labute approximate surface area is 165 Å². The fraction of sp³-hybridized carbons (Fsp3) is 0.158. The molecule has 0 spiro atoms. The van der Waals surface area contributed by atoms with Gasteiger partial charge in [0, 0.05) is 16.7 Å². The summed E-state index contributed by atoms with van der Waals surface area (Å²) in [7, 11) is 4.55. The first-order valence-corrected chi connectivity index (χ1v) is 8.50. The van der Waals surface area contributed by atoms with Crippen LogP contribution < -0.4 is 14.2 Å². The predicted molar refractivity (Wildman–Crippen MR) is 103 cm³/mol. The standard InChI is InChI=1S/C19H15Cl2NO5/c1-24-15-9-17(26-3)16(25-2)7-10(15)6-14-19(23)27-18(22-14)12-5-4-11(20)8-13(12)21/h4-9H,1-3H3/b14-6-. The van der Waals surface area contributed by atoms with E-state index in [0.717, 1.165) is 0 Å². The molecule has 0 unspecified atom stereocenters. The van der Waals surface area contributed by atoms with Gasteiger partial charge in [-0.2, -0.15) is 0 Å². The minimum atomic E-state index is -0.604. The zero-order chi connectivity index (χ0) is 19.6. The fourth-order valence-electron chi connectivity index (χ4n) is 2.50. The molecule has 1 aliphatic rings. The number of hydrogen-bond donors (Lipinski definition) is 0. The molecule has 8 heteroatoms. The average molecular weight is 408 g/mol. The second-order valence-corrected chi connectivity index (χ2v) is 6.25. The second kappa shape index (κ2) is 7.90. The van der Waals surface area contributed by atoms with E-state index in [2.05, 4.69) is 4.99 Å². The lowest BCUT2D eigenvalue weighted by Crippen LogP contribution is -2.06. The molecule has 0 saturated carbocycles. The van der Waals surface area contributed by atoms with Gasteiger partial charge in [0.15, 0.2) is 17.2 Å². The highest BCUT2D eigenvalue weighted by molar-refractivity contribution is 6.37. The molecule has 1 heterocycles. The fourth-order valence-corrected chi connectivity index (χ4v) is 2.99. The van der Waals surface area contributed by atoms with Gasteiger partial charge in [-0.05, 0) is 30.3 Å². The van der Waals surface area contributed by atoms with Gasteiger partial charge in [-0.3, -0.25) is 0 Å². The zero-order valence-corrected chi connectivity index (χ0v) is 16.2. The molecule has 0 bridgehead atoms. The van der Waals surface area contributed by atoms with Crippen molar-refractivity contribution >= 4 is 41.1 Å². The van der Waals surface area contributed by atoms with E-state index in [-0.39, 0.29) is 11.6 Å². The number of carbonyl (C=O) groups is 1. The van der Waals surface area contributed by atoms with Crippen molar-refractivity contribution in [3.8, 4) is 17.2 Å². The van der Waals surface area contributed by atoms with Crippen LogP contribution in [0.3, 0.4) is 0 Å². The molecule has 0 aromatic heterocycles. The maximum Gasteiger partial charge on any atom is 0.363 e. The van der Waals surface area contributed by atoms with E-state index in [1.54, 1.807) is 36.4 Å². The number of esters is 1. The SMILES string of the molecule is COc1cc(OC)c(OC)cc1/C=C1\N=C(c2ccc(Cl)cc2Cl)OC1=O. The predicted octanol–water partition coefficient (Wildman–Crippen LogP) is 4.36. The summed E-state index contributed by atoms with van der Waals surface area (Å²) in [4.78, 5) is 16.5. The Morgan fingerprint density at radius 3 is 2.26 bits per heavy atom. The first-order chi connectivity index (χ1) is 13.0. The Kier molecular flexibility index (Phi) is 5.58. The summed E-state index contributed by atoms with van der Waals surface area (Å²) >= 11 is 12.1. The molecule has 0 radical (unpaired) electrons. The van der Waals surface area contributed by atoms with Gasteiger partial charge in [-0.15, -0.1) is 0 Å². The van der Waals surface area contributed by atoms with Gasteiger partial charge in [-0.25, -0.2) is 9.79 Å². The largest absolute Gasteiger partial charge is 0.496 e. The molecule has 0 atom stereocenters.